The van der Waals surface area contributed by atoms with Crippen LogP contribution in [0.2, 0.25) is 5.02 Å². The summed E-state index contributed by atoms with van der Waals surface area (Å²) in [6.07, 6.45) is 3.54. The van der Waals surface area contributed by atoms with E-state index >= 15 is 0 Å². The minimum atomic E-state index is -0.694. The van der Waals surface area contributed by atoms with E-state index < -0.39 is 11.6 Å². The molecule has 1 aromatic heterocycles. The van der Waals surface area contributed by atoms with Crippen LogP contribution in [0.5, 0.6) is 0 Å². The standard InChI is InChI=1S/C11H9ClF2N2/c12-9-3-8(13)4-10(14)11(9)16-6-7-1-2-15-5-7/h1-5,15-16H,6H2. The maximum Gasteiger partial charge on any atom is 0.150 e. The van der Waals surface area contributed by atoms with Crippen LogP contribution in [0.4, 0.5) is 14.5 Å². The summed E-state index contributed by atoms with van der Waals surface area (Å²) in [5, 5.41) is 2.85. The number of benzene rings is 1. The lowest BCUT2D eigenvalue weighted by Gasteiger charge is -2.08. The summed E-state index contributed by atoms with van der Waals surface area (Å²) in [5.74, 6) is -1.38. The minimum Gasteiger partial charge on any atom is -0.377 e. The van der Waals surface area contributed by atoms with Crippen LogP contribution in [0.3, 0.4) is 0 Å². The summed E-state index contributed by atoms with van der Waals surface area (Å²) >= 11 is 5.72. The number of halogens is 3. The Morgan fingerprint density at radius 3 is 2.75 bits per heavy atom. The van der Waals surface area contributed by atoms with Crippen molar-refractivity contribution in [3.63, 3.8) is 0 Å². The third-order valence-corrected chi connectivity index (χ3v) is 2.44. The van der Waals surface area contributed by atoms with Crippen LogP contribution in [-0.2, 0) is 6.54 Å². The first-order chi connectivity index (χ1) is 7.66. The van der Waals surface area contributed by atoms with E-state index in [0.29, 0.717) is 6.54 Å². The number of anilines is 1. The van der Waals surface area contributed by atoms with E-state index in [-0.39, 0.29) is 10.7 Å². The van der Waals surface area contributed by atoms with Gasteiger partial charge in [-0.2, -0.15) is 0 Å². The van der Waals surface area contributed by atoms with Crippen LogP contribution < -0.4 is 5.32 Å². The van der Waals surface area contributed by atoms with Gasteiger partial charge in [0.15, 0.2) is 5.82 Å². The Bertz CT molecular complexity index is 460. The molecule has 2 rings (SSSR count). The fourth-order valence-electron chi connectivity index (χ4n) is 1.37. The van der Waals surface area contributed by atoms with E-state index in [1.54, 1.807) is 12.4 Å². The molecule has 84 valence electrons. The van der Waals surface area contributed by atoms with E-state index in [4.69, 9.17) is 11.6 Å². The number of nitrogens with one attached hydrogen (secondary N) is 2. The molecule has 0 fully saturated rings. The first-order valence-electron chi connectivity index (χ1n) is 4.67. The topological polar surface area (TPSA) is 27.8 Å². The Hall–Kier alpha value is -1.55. The summed E-state index contributed by atoms with van der Waals surface area (Å²) in [6, 6.07) is 3.72. The smallest absolute Gasteiger partial charge is 0.150 e. The van der Waals surface area contributed by atoms with Crippen molar-refractivity contribution in [2.75, 3.05) is 5.32 Å². The van der Waals surface area contributed by atoms with Gasteiger partial charge >= 0.3 is 0 Å². The molecule has 1 heterocycles. The summed E-state index contributed by atoms with van der Waals surface area (Å²) in [6.45, 7) is 0.422. The molecule has 2 aromatic rings. The minimum absolute atomic E-state index is 0.0352. The van der Waals surface area contributed by atoms with Gasteiger partial charge in [0, 0.05) is 25.0 Å². The average Bonchev–Trinajstić information content (AvgIpc) is 2.68. The molecule has 0 saturated heterocycles. The van der Waals surface area contributed by atoms with Crippen LogP contribution >= 0.6 is 11.6 Å². The van der Waals surface area contributed by atoms with Crippen molar-refractivity contribution in [2.45, 2.75) is 6.54 Å². The second-order valence-electron chi connectivity index (χ2n) is 3.32. The molecule has 0 radical (unpaired) electrons. The highest BCUT2D eigenvalue weighted by Gasteiger charge is 2.09. The van der Waals surface area contributed by atoms with Gasteiger partial charge in [-0.3, -0.25) is 0 Å². The fourth-order valence-corrected chi connectivity index (χ4v) is 1.63. The molecule has 5 heteroatoms. The highest BCUT2D eigenvalue weighted by atomic mass is 35.5. The Morgan fingerprint density at radius 2 is 2.12 bits per heavy atom. The highest BCUT2D eigenvalue weighted by Crippen LogP contribution is 2.26. The molecule has 0 aliphatic carbocycles. The normalized spacial score (nSPS) is 10.4. The second kappa shape index (κ2) is 4.53. The third kappa shape index (κ3) is 2.33. The van der Waals surface area contributed by atoms with Crippen LogP contribution in [0.15, 0.2) is 30.6 Å². The van der Waals surface area contributed by atoms with Crippen LogP contribution in [-0.4, -0.2) is 4.98 Å². The van der Waals surface area contributed by atoms with Crippen molar-refractivity contribution in [3.8, 4) is 0 Å². The molecule has 2 N–H and O–H groups in total. The quantitative estimate of drug-likeness (QED) is 0.846. The molecule has 16 heavy (non-hydrogen) atoms. The van der Waals surface area contributed by atoms with Crippen molar-refractivity contribution in [3.05, 3.63) is 52.8 Å². The highest BCUT2D eigenvalue weighted by molar-refractivity contribution is 6.33. The van der Waals surface area contributed by atoms with Crippen molar-refractivity contribution >= 4 is 17.3 Å². The lowest BCUT2D eigenvalue weighted by molar-refractivity contribution is 0.585. The predicted molar refractivity (Wildman–Crippen MR) is 59.5 cm³/mol. The molecule has 0 amide bonds. The molecule has 0 unspecified atom stereocenters. The van der Waals surface area contributed by atoms with Gasteiger partial charge in [-0.25, -0.2) is 8.78 Å². The molecule has 2 nitrogen and oxygen atoms in total. The van der Waals surface area contributed by atoms with Crippen molar-refractivity contribution in [2.24, 2.45) is 0 Å². The molecule has 0 saturated carbocycles. The van der Waals surface area contributed by atoms with Gasteiger partial charge in [-0.15, -0.1) is 0 Å². The summed E-state index contributed by atoms with van der Waals surface area (Å²) < 4.78 is 26.1. The van der Waals surface area contributed by atoms with E-state index in [1.165, 1.54) is 0 Å². The number of hydrogen-bond acceptors (Lipinski definition) is 1. The largest absolute Gasteiger partial charge is 0.377 e. The summed E-state index contributed by atoms with van der Waals surface area (Å²) in [7, 11) is 0. The fraction of sp³-hybridized carbons (Fsp3) is 0.0909. The van der Waals surface area contributed by atoms with Gasteiger partial charge in [0.25, 0.3) is 0 Å². The lowest BCUT2D eigenvalue weighted by atomic mass is 10.2. The molecule has 0 bridgehead atoms. The molecule has 0 aliphatic rings. The molecule has 0 spiro atoms. The average molecular weight is 243 g/mol. The zero-order chi connectivity index (χ0) is 11.5. The Labute approximate surface area is 96.2 Å². The molecular formula is C11H9ClF2N2. The maximum atomic E-state index is 13.3. The molecular weight excluding hydrogens is 234 g/mol. The summed E-state index contributed by atoms with van der Waals surface area (Å²) in [4.78, 5) is 2.88. The van der Waals surface area contributed by atoms with Gasteiger partial charge < -0.3 is 10.3 Å². The van der Waals surface area contributed by atoms with Crippen LogP contribution in [0.1, 0.15) is 5.56 Å². The van der Waals surface area contributed by atoms with E-state index in [0.717, 1.165) is 17.7 Å². The third-order valence-electron chi connectivity index (χ3n) is 2.14. The number of hydrogen-bond donors (Lipinski definition) is 2. The van der Waals surface area contributed by atoms with E-state index in [9.17, 15) is 8.78 Å². The van der Waals surface area contributed by atoms with Crippen molar-refractivity contribution < 1.29 is 8.78 Å². The first-order valence-corrected chi connectivity index (χ1v) is 5.04. The van der Waals surface area contributed by atoms with E-state index in [2.05, 4.69) is 10.3 Å². The number of aromatic amines is 1. The summed E-state index contributed by atoms with van der Waals surface area (Å²) in [5.41, 5.74) is 1.07. The van der Waals surface area contributed by atoms with Gasteiger partial charge in [0.2, 0.25) is 0 Å². The zero-order valence-corrected chi connectivity index (χ0v) is 8.98. The molecule has 1 aromatic carbocycles. The molecule has 0 atom stereocenters. The second-order valence-corrected chi connectivity index (χ2v) is 3.72. The maximum absolute atomic E-state index is 13.3. The van der Waals surface area contributed by atoms with Crippen LogP contribution in [0.25, 0.3) is 0 Å². The SMILES string of the molecule is Fc1cc(F)c(NCc2cc[nH]c2)c(Cl)c1. The number of rotatable bonds is 3. The van der Waals surface area contributed by atoms with Gasteiger partial charge in [0.1, 0.15) is 5.82 Å². The van der Waals surface area contributed by atoms with Gasteiger partial charge in [-0.1, -0.05) is 11.6 Å². The van der Waals surface area contributed by atoms with E-state index in [1.807, 2.05) is 6.07 Å². The predicted octanol–water partition coefficient (Wildman–Crippen LogP) is 3.56. The monoisotopic (exact) mass is 242 g/mol. The lowest BCUT2D eigenvalue weighted by Crippen LogP contribution is -2.01. The first kappa shape index (κ1) is 11.0. The van der Waals surface area contributed by atoms with Crippen LogP contribution in [0, 0.1) is 11.6 Å². The van der Waals surface area contributed by atoms with Crippen molar-refractivity contribution in [1.29, 1.82) is 0 Å². The van der Waals surface area contributed by atoms with Crippen molar-refractivity contribution in [1.82, 2.24) is 4.98 Å². The Balaban J connectivity index is 2.15. The number of H-pyrrole nitrogens is 1. The van der Waals surface area contributed by atoms with Gasteiger partial charge in [-0.05, 0) is 17.7 Å². The number of aromatic nitrogens is 1. The zero-order valence-electron chi connectivity index (χ0n) is 8.23. The Morgan fingerprint density at radius 1 is 1.31 bits per heavy atom. The Kier molecular flexibility index (Phi) is 3.10. The van der Waals surface area contributed by atoms with Gasteiger partial charge in [0.05, 0.1) is 10.7 Å². The molecule has 0 aliphatic heterocycles.